The fraction of sp³-hybridized carbons (Fsp3) is 0.412. The highest BCUT2D eigenvalue weighted by Crippen LogP contribution is 2.40. The van der Waals surface area contributed by atoms with Gasteiger partial charge in [-0.2, -0.15) is 0 Å². The van der Waals surface area contributed by atoms with Gasteiger partial charge in [0.25, 0.3) is 0 Å². The molecule has 19 heavy (non-hydrogen) atoms. The van der Waals surface area contributed by atoms with Crippen LogP contribution in [-0.2, 0) is 4.74 Å². The summed E-state index contributed by atoms with van der Waals surface area (Å²) < 4.78 is 5.44. The SMILES string of the molecule is Cc1ccc2ccccc2c1C(Cl)C1CCOCC1. The van der Waals surface area contributed by atoms with Crippen LogP contribution in [0.3, 0.4) is 0 Å². The number of aryl methyl sites for hydroxylation is 1. The third-order valence-electron chi connectivity index (χ3n) is 4.14. The fourth-order valence-electron chi connectivity index (χ4n) is 3.01. The number of rotatable bonds is 2. The summed E-state index contributed by atoms with van der Waals surface area (Å²) in [6, 6.07) is 12.9. The van der Waals surface area contributed by atoms with Gasteiger partial charge in [-0.3, -0.25) is 0 Å². The summed E-state index contributed by atoms with van der Waals surface area (Å²) in [6.45, 7) is 3.85. The molecule has 1 saturated heterocycles. The number of benzene rings is 2. The van der Waals surface area contributed by atoms with Crippen molar-refractivity contribution in [3.05, 3.63) is 47.5 Å². The Morgan fingerprint density at radius 1 is 1.11 bits per heavy atom. The number of fused-ring (bicyclic) bond motifs is 1. The summed E-state index contributed by atoms with van der Waals surface area (Å²) in [5.41, 5.74) is 2.61. The highest BCUT2D eigenvalue weighted by Gasteiger charge is 2.25. The second-order valence-electron chi connectivity index (χ2n) is 5.37. The average molecular weight is 275 g/mol. The molecule has 1 atom stereocenters. The van der Waals surface area contributed by atoms with Crippen LogP contribution in [0.25, 0.3) is 10.8 Å². The molecule has 0 saturated carbocycles. The first kappa shape index (κ1) is 13.0. The van der Waals surface area contributed by atoms with E-state index < -0.39 is 0 Å². The molecule has 0 bridgehead atoms. The van der Waals surface area contributed by atoms with Gasteiger partial charge in [0.05, 0.1) is 5.38 Å². The maximum atomic E-state index is 6.81. The van der Waals surface area contributed by atoms with Crippen LogP contribution in [0.2, 0.25) is 0 Å². The molecule has 0 aliphatic carbocycles. The van der Waals surface area contributed by atoms with E-state index in [0.717, 1.165) is 26.1 Å². The Morgan fingerprint density at radius 3 is 2.63 bits per heavy atom. The number of hydrogen-bond donors (Lipinski definition) is 0. The van der Waals surface area contributed by atoms with E-state index in [2.05, 4.69) is 43.3 Å². The predicted molar refractivity (Wildman–Crippen MR) is 80.8 cm³/mol. The quantitative estimate of drug-likeness (QED) is 0.711. The standard InChI is InChI=1S/C17H19ClO/c1-12-6-7-13-4-2-3-5-15(13)16(12)17(18)14-8-10-19-11-9-14/h2-7,14,17H,8-11H2,1H3. The van der Waals surface area contributed by atoms with Crippen molar-refractivity contribution >= 4 is 22.4 Å². The number of ether oxygens (including phenoxy) is 1. The van der Waals surface area contributed by atoms with Gasteiger partial charge in [0.15, 0.2) is 0 Å². The zero-order valence-electron chi connectivity index (χ0n) is 11.2. The first-order valence-electron chi connectivity index (χ1n) is 6.97. The molecule has 1 unspecified atom stereocenters. The van der Waals surface area contributed by atoms with Crippen molar-refractivity contribution < 1.29 is 4.74 Å². The molecule has 1 fully saturated rings. The molecule has 1 aliphatic rings. The summed E-state index contributed by atoms with van der Waals surface area (Å²) in [5.74, 6) is 0.528. The number of hydrogen-bond acceptors (Lipinski definition) is 1. The smallest absolute Gasteiger partial charge is 0.0623 e. The van der Waals surface area contributed by atoms with Gasteiger partial charge in [-0.05, 0) is 47.6 Å². The Kier molecular flexibility index (Phi) is 3.76. The monoisotopic (exact) mass is 274 g/mol. The molecule has 1 heterocycles. The maximum absolute atomic E-state index is 6.81. The van der Waals surface area contributed by atoms with Gasteiger partial charge in [0.1, 0.15) is 0 Å². The Morgan fingerprint density at radius 2 is 1.84 bits per heavy atom. The first-order valence-corrected chi connectivity index (χ1v) is 7.41. The Hall–Kier alpha value is -1.05. The molecule has 0 amide bonds. The highest BCUT2D eigenvalue weighted by molar-refractivity contribution is 6.22. The van der Waals surface area contributed by atoms with E-state index in [0.29, 0.717) is 5.92 Å². The average Bonchev–Trinajstić information content (AvgIpc) is 2.47. The van der Waals surface area contributed by atoms with Crippen LogP contribution >= 0.6 is 11.6 Å². The van der Waals surface area contributed by atoms with Crippen molar-refractivity contribution in [3.63, 3.8) is 0 Å². The summed E-state index contributed by atoms with van der Waals surface area (Å²) in [5, 5.41) is 2.67. The zero-order chi connectivity index (χ0) is 13.2. The van der Waals surface area contributed by atoms with Crippen LogP contribution in [0.4, 0.5) is 0 Å². The molecule has 2 heteroatoms. The molecular weight excluding hydrogens is 256 g/mol. The van der Waals surface area contributed by atoms with Crippen molar-refractivity contribution in [3.8, 4) is 0 Å². The van der Waals surface area contributed by atoms with E-state index in [4.69, 9.17) is 16.3 Å². The minimum Gasteiger partial charge on any atom is -0.381 e. The van der Waals surface area contributed by atoms with E-state index in [1.54, 1.807) is 0 Å². The number of alkyl halides is 1. The van der Waals surface area contributed by atoms with Gasteiger partial charge >= 0.3 is 0 Å². The third-order valence-corrected chi connectivity index (χ3v) is 4.72. The molecule has 3 rings (SSSR count). The van der Waals surface area contributed by atoms with E-state index >= 15 is 0 Å². The van der Waals surface area contributed by atoms with Crippen molar-refractivity contribution in [1.82, 2.24) is 0 Å². The lowest BCUT2D eigenvalue weighted by Crippen LogP contribution is -2.20. The molecule has 1 nitrogen and oxygen atoms in total. The Balaban J connectivity index is 2.05. The van der Waals surface area contributed by atoms with Gasteiger partial charge in [-0.15, -0.1) is 11.6 Å². The second kappa shape index (κ2) is 5.52. The van der Waals surface area contributed by atoms with E-state index in [1.807, 2.05) is 0 Å². The van der Waals surface area contributed by atoms with E-state index in [1.165, 1.54) is 21.9 Å². The normalized spacial score (nSPS) is 18.6. The van der Waals surface area contributed by atoms with E-state index in [9.17, 15) is 0 Å². The summed E-state index contributed by atoms with van der Waals surface area (Å²) in [4.78, 5) is 0. The Bertz CT molecular complexity index is 572. The van der Waals surface area contributed by atoms with Crippen molar-refractivity contribution in [2.75, 3.05) is 13.2 Å². The molecule has 2 aromatic carbocycles. The molecule has 0 aromatic heterocycles. The van der Waals surface area contributed by atoms with Crippen LogP contribution in [0.1, 0.15) is 29.3 Å². The summed E-state index contributed by atoms with van der Waals surface area (Å²) in [7, 11) is 0. The predicted octanol–water partition coefficient (Wildman–Crippen LogP) is 4.85. The summed E-state index contributed by atoms with van der Waals surface area (Å²) in [6.07, 6.45) is 2.13. The minimum atomic E-state index is 0.0926. The molecule has 2 aromatic rings. The zero-order valence-corrected chi connectivity index (χ0v) is 12.0. The highest BCUT2D eigenvalue weighted by atomic mass is 35.5. The van der Waals surface area contributed by atoms with Gasteiger partial charge in [-0.25, -0.2) is 0 Å². The first-order chi connectivity index (χ1) is 9.27. The second-order valence-corrected chi connectivity index (χ2v) is 5.84. The minimum absolute atomic E-state index is 0.0926. The summed E-state index contributed by atoms with van der Waals surface area (Å²) >= 11 is 6.81. The fourth-order valence-corrected chi connectivity index (χ4v) is 3.56. The van der Waals surface area contributed by atoms with Crippen LogP contribution in [0.5, 0.6) is 0 Å². The molecular formula is C17H19ClO. The largest absolute Gasteiger partial charge is 0.381 e. The van der Waals surface area contributed by atoms with E-state index in [-0.39, 0.29) is 5.38 Å². The molecule has 0 radical (unpaired) electrons. The van der Waals surface area contributed by atoms with Crippen LogP contribution < -0.4 is 0 Å². The molecule has 1 aliphatic heterocycles. The van der Waals surface area contributed by atoms with Crippen LogP contribution in [0, 0.1) is 12.8 Å². The lowest BCUT2D eigenvalue weighted by Gasteiger charge is -2.28. The van der Waals surface area contributed by atoms with Crippen molar-refractivity contribution in [1.29, 1.82) is 0 Å². The molecule has 100 valence electrons. The third kappa shape index (κ3) is 2.50. The van der Waals surface area contributed by atoms with Crippen molar-refractivity contribution in [2.24, 2.45) is 5.92 Å². The van der Waals surface area contributed by atoms with Gasteiger partial charge in [0, 0.05) is 13.2 Å². The van der Waals surface area contributed by atoms with Gasteiger partial charge in [0.2, 0.25) is 0 Å². The maximum Gasteiger partial charge on any atom is 0.0623 e. The van der Waals surface area contributed by atoms with Crippen LogP contribution in [-0.4, -0.2) is 13.2 Å². The number of halogens is 1. The van der Waals surface area contributed by atoms with Gasteiger partial charge in [-0.1, -0.05) is 36.4 Å². The molecule has 0 spiro atoms. The molecule has 0 N–H and O–H groups in total. The van der Waals surface area contributed by atoms with Gasteiger partial charge < -0.3 is 4.74 Å². The lowest BCUT2D eigenvalue weighted by molar-refractivity contribution is 0.0651. The lowest BCUT2D eigenvalue weighted by atomic mass is 9.87. The Labute approximate surface area is 119 Å². The van der Waals surface area contributed by atoms with Crippen LogP contribution in [0.15, 0.2) is 36.4 Å². The van der Waals surface area contributed by atoms with Crippen molar-refractivity contribution in [2.45, 2.75) is 25.1 Å². The topological polar surface area (TPSA) is 9.23 Å².